The molecular formula is C12H20ClNO4S. The second-order valence-corrected chi connectivity index (χ2v) is 6.68. The summed E-state index contributed by atoms with van der Waals surface area (Å²) in [5.74, 6) is 1.01. The lowest BCUT2D eigenvalue weighted by Crippen LogP contribution is -2.38. The Labute approximate surface area is 119 Å². The number of nitrogens with zero attached hydrogens (tertiary/aromatic N) is 1. The van der Waals surface area contributed by atoms with Crippen LogP contribution in [0.4, 0.5) is 0 Å². The van der Waals surface area contributed by atoms with Gasteiger partial charge in [0.15, 0.2) is 0 Å². The highest BCUT2D eigenvalue weighted by atomic mass is 35.5. The van der Waals surface area contributed by atoms with Crippen LogP contribution in [-0.2, 0) is 20.6 Å². The molecule has 1 aromatic rings. The van der Waals surface area contributed by atoms with E-state index in [1.165, 1.54) is 18.5 Å². The van der Waals surface area contributed by atoms with E-state index in [1.54, 1.807) is 20.8 Å². The smallest absolute Gasteiger partial charge is 0.246 e. The molecule has 7 heteroatoms. The van der Waals surface area contributed by atoms with Crippen molar-refractivity contribution in [1.29, 1.82) is 0 Å². The molecule has 0 fully saturated rings. The highest BCUT2D eigenvalue weighted by molar-refractivity contribution is 7.89. The summed E-state index contributed by atoms with van der Waals surface area (Å²) in [4.78, 5) is 0.172. The predicted octanol–water partition coefficient (Wildman–Crippen LogP) is 2.29. The van der Waals surface area contributed by atoms with Crippen LogP contribution in [0.15, 0.2) is 9.31 Å². The number of hydrogen-bond donors (Lipinski definition) is 0. The number of hydrogen-bond acceptors (Lipinski definition) is 4. The number of halogens is 1. The molecule has 0 aromatic carbocycles. The molecule has 1 heterocycles. The third kappa shape index (κ3) is 3.13. The van der Waals surface area contributed by atoms with Gasteiger partial charge in [0.1, 0.15) is 16.4 Å². The van der Waals surface area contributed by atoms with Crippen molar-refractivity contribution in [3.8, 4) is 0 Å². The number of likely N-dealkylation sites (N-methyl/N-ethyl adjacent to an activating group) is 1. The Morgan fingerprint density at radius 2 is 1.95 bits per heavy atom. The van der Waals surface area contributed by atoms with Crippen molar-refractivity contribution in [3.05, 3.63) is 17.1 Å². The first-order valence-electron chi connectivity index (χ1n) is 5.89. The van der Waals surface area contributed by atoms with Crippen LogP contribution in [0.2, 0.25) is 0 Å². The number of alkyl halides is 1. The molecule has 1 aromatic heterocycles. The summed E-state index contributed by atoms with van der Waals surface area (Å²) in [6.45, 7) is 5.44. The van der Waals surface area contributed by atoms with Crippen LogP contribution < -0.4 is 0 Å². The molecule has 110 valence electrons. The maximum Gasteiger partial charge on any atom is 0.246 e. The van der Waals surface area contributed by atoms with Crippen LogP contribution in [0.25, 0.3) is 0 Å². The van der Waals surface area contributed by atoms with Crippen LogP contribution in [-0.4, -0.2) is 39.5 Å². The van der Waals surface area contributed by atoms with E-state index in [9.17, 15) is 8.42 Å². The first kappa shape index (κ1) is 16.5. The zero-order valence-corrected chi connectivity index (χ0v) is 13.4. The van der Waals surface area contributed by atoms with E-state index in [2.05, 4.69) is 0 Å². The molecule has 1 unspecified atom stereocenters. The molecule has 0 aliphatic carbocycles. The van der Waals surface area contributed by atoms with Gasteiger partial charge in [-0.05, 0) is 20.8 Å². The average Bonchev–Trinajstić information content (AvgIpc) is 2.63. The van der Waals surface area contributed by atoms with Crippen LogP contribution in [0, 0.1) is 13.8 Å². The van der Waals surface area contributed by atoms with E-state index >= 15 is 0 Å². The molecule has 0 N–H and O–H groups in total. The number of methoxy groups -OCH3 is 1. The number of rotatable bonds is 6. The van der Waals surface area contributed by atoms with Gasteiger partial charge in [0.05, 0.1) is 12.5 Å². The van der Waals surface area contributed by atoms with Gasteiger partial charge in [0.25, 0.3) is 0 Å². The summed E-state index contributed by atoms with van der Waals surface area (Å²) in [5.41, 5.74) is 0.524. The summed E-state index contributed by atoms with van der Waals surface area (Å²) in [5, 5.41) is 0. The van der Waals surface area contributed by atoms with Gasteiger partial charge in [-0.2, -0.15) is 4.31 Å². The first-order chi connectivity index (χ1) is 8.77. The fourth-order valence-corrected chi connectivity index (χ4v) is 4.08. The Hall–Kier alpha value is -0.560. The predicted molar refractivity (Wildman–Crippen MR) is 74.0 cm³/mol. The number of ether oxygens (including phenoxy) is 1. The van der Waals surface area contributed by atoms with Crippen LogP contribution in [0.1, 0.15) is 24.0 Å². The molecule has 5 nitrogen and oxygen atoms in total. The maximum absolute atomic E-state index is 12.6. The Bertz CT molecular complexity index is 538. The highest BCUT2D eigenvalue weighted by Crippen LogP contribution is 2.30. The molecule has 0 aliphatic rings. The molecule has 0 amide bonds. The standard InChI is InChI=1S/C12H20ClNO4S/c1-8(7-17-5)14(4)19(15,16)12-10(3)18-9(2)11(12)6-13/h8H,6-7H2,1-5H3. The fourth-order valence-electron chi connectivity index (χ4n) is 1.93. The molecule has 19 heavy (non-hydrogen) atoms. The minimum atomic E-state index is -3.64. The minimum Gasteiger partial charge on any atom is -0.465 e. The third-order valence-electron chi connectivity index (χ3n) is 3.12. The van der Waals surface area contributed by atoms with E-state index < -0.39 is 10.0 Å². The maximum atomic E-state index is 12.6. The van der Waals surface area contributed by atoms with E-state index in [-0.39, 0.29) is 16.8 Å². The Morgan fingerprint density at radius 1 is 1.37 bits per heavy atom. The van der Waals surface area contributed by atoms with Gasteiger partial charge in [-0.25, -0.2) is 8.42 Å². The minimum absolute atomic E-state index is 0.101. The van der Waals surface area contributed by atoms with Gasteiger partial charge < -0.3 is 9.15 Å². The molecule has 1 atom stereocenters. The lowest BCUT2D eigenvalue weighted by molar-refractivity contribution is 0.149. The summed E-state index contributed by atoms with van der Waals surface area (Å²) < 4.78 is 36.9. The van der Waals surface area contributed by atoms with Gasteiger partial charge in [-0.1, -0.05) is 0 Å². The van der Waals surface area contributed by atoms with Crippen molar-refractivity contribution >= 4 is 21.6 Å². The lowest BCUT2D eigenvalue weighted by Gasteiger charge is -2.23. The van der Waals surface area contributed by atoms with E-state index in [1.807, 2.05) is 0 Å². The molecule has 0 spiro atoms. The average molecular weight is 310 g/mol. The molecule has 0 saturated carbocycles. The number of sulfonamides is 1. The van der Waals surface area contributed by atoms with Crippen molar-refractivity contribution in [2.75, 3.05) is 20.8 Å². The molecular weight excluding hydrogens is 290 g/mol. The van der Waals surface area contributed by atoms with E-state index in [0.717, 1.165) is 0 Å². The van der Waals surface area contributed by atoms with Crippen LogP contribution in [0.3, 0.4) is 0 Å². The summed E-state index contributed by atoms with van der Waals surface area (Å²) >= 11 is 5.83. The second-order valence-electron chi connectivity index (χ2n) is 4.48. The quantitative estimate of drug-likeness (QED) is 0.757. The topological polar surface area (TPSA) is 59.8 Å². The largest absolute Gasteiger partial charge is 0.465 e. The molecule has 0 bridgehead atoms. The monoisotopic (exact) mass is 309 g/mol. The van der Waals surface area contributed by atoms with Gasteiger partial charge in [-0.15, -0.1) is 11.6 Å². The van der Waals surface area contributed by atoms with Crippen molar-refractivity contribution in [2.24, 2.45) is 0 Å². The van der Waals surface area contributed by atoms with Crippen molar-refractivity contribution in [3.63, 3.8) is 0 Å². The van der Waals surface area contributed by atoms with Crippen LogP contribution >= 0.6 is 11.6 Å². The number of furan rings is 1. The molecule has 0 radical (unpaired) electrons. The highest BCUT2D eigenvalue weighted by Gasteiger charge is 2.32. The molecule has 0 aliphatic heterocycles. The summed E-state index contributed by atoms with van der Waals surface area (Å²) in [6.07, 6.45) is 0. The Balaban J connectivity index is 3.28. The Kier molecular flexibility index (Phi) is 5.43. The Morgan fingerprint density at radius 3 is 2.42 bits per heavy atom. The lowest BCUT2D eigenvalue weighted by atomic mass is 10.3. The SMILES string of the molecule is COCC(C)N(C)S(=O)(=O)c1c(C)oc(C)c1CCl. The van der Waals surface area contributed by atoms with Crippen molar-refractivity contribution in [1.82, 2.24) is 4.31 Å². The first-order valence-corrected chi connectivity index (χ1v) is 7.86. The van der Waals surface area contributed by atoms with Gasteiger partial charge in [0, 0.05) is 25.8 Å². The van der Waals surface area contributed by atoms with Crippen molar-refractivity contribution < 1.29 is 17.6 Å². The van der Waals surface area contributed by atoms with Crippen LogP contribution in [0.5, 0.6) is 0 Å². The van der Waals surface area contributed by atoms with Gasteiger partial charge in [0.2, 0.25) is 10.0 Å². The van der Waals surface area contributed by atoms with E-state index in [4.69, 9.17) is 20.8 Å². The molecule has 1 rings (SSSR count). The summed E-state index contributed by atoms with van der Waals surface area (Å²) in [7, 11) is -0.575. The normalized spacial score (nSPS) is 14.1. The third-order valence-corrected chi connectivity index (χ3v) is 5.56. The summed E-state index contributed by atoms with van der Waals surface area (Å²) in [6, 6.07) is -0.271. The van der Waals surface area contributed by atoms with Gasteiger partial charge >= 0.3 is 0 Å². The fraction of sp³-hybridized carbons (Fsp3) is 0.667. The van der Waals surface area contributed by atoms with Crippen molar-refractivity contribution in [2.45, 2.75) is 37.6 Å². The second kappa shape index (κ2) is 6.26. The zero-order chi connectivity index (χ0) is 14.8. The number of aryl methyl sites for hydroxylation is 2. The molecule has 0 saturated heterocycles. The van der Waals surface area contributed by atoms with E-state index in [0.29, 0.717) is 23.7 Å². The van der Waals surface area contributed by atoms with Gasteiger partial charge in [-0.3, -0.25) is 0 Å². The zero-order valence-electron chi connectivity index (χ0n) is 11.9.